The Kier molecular flexibility index (Phi) is 6.11. The number of benzene rings is 1. The van der Waals surface area contributed by atoms with E-state index >= 15 is 0 Å². The molecular formula is C20H21N5O5. The Labute approximate surface area is 172 Å². The van der Waals surface area contributed by atoms with Gasteiger partial charge in [0.05, 0.1) is 17.6 Å². The molecule has 30 heavy (non-hydrogen) atoms. The molecular weight excluding hydrogens is 390 g/mol. The third kappa shape index (κ3) is 3.87. The van der Waals surface area contributed by atoms with Crippen molar-refractivity contribution in [2.45, 2.75) is 45.6 Å². The number of nitrogens with zero attached hydrogens (tertiary/aromatic N) is 5. The van der Waals surface area contributed by atoms with Crippen LogP contribution >= 0.6 is 0 Å². The fraction of sp³-hybridized carbons (Fsp3) is 0.400. The second kappa shape index (κ2) is 8.73. The molecule has 0 spiro atoms. The molecule has 1 aromatic carbocycles. The second-order valence-corrected chi connectivity index (χ2v) is 6.94. The largest absolute Gasteiger partial charge is 0.494 e. The smallest absolute Gasteiger partial charge is 0.300 e. The average Bonchev–Trinajstić information content (AvgIpc) is 3.23. The highest BCUT2D eigenvalue weighted by Gasteiger charge is 2.26. The van der Waals surface area contributed by atoms with Crippen LogP contribution in [0.15, 0.2) is 33.2 Å². The van der Waals surface area contributed by atoms with Gasteiger partial charge in [0.2, 0.25) is 5.88 Å². The lowest BCUT2D eigenvalue weighted by atomic mass is 10.1. The van der Waals surface area contributed by atoms with Gasteiger partial charge in [0.25, 0.3) is 11.2 Å². The second-order valence-electron chi connectivity index (χ2n) is 6.94. The van der Waals surface area contributed by atoms with Crippen LogP contribution in [0.2, 0.25) is 0 Å². The van der Waals surface area contributed by atoms with Crippen LogP contribution in [0.1, 0.15) is 49.8 Å². The molecule has 0 atom stereocenters. The summed E-state index contributed by atoms with van der Waals surface area (Å²) in [6.07, 6.45) is 3.26. The number of nitro benzene ring substituents is 1. The van der Waals surface area contributed by atoms with E-state index < -0.39 is 10.5 Å². The Hall–Kier alpha value is -3.74. The van der Waals surface area contributed by atoms with E-state index in [2.05, 4.69) is 10.2 Å². The molecule has 1 fully saturated rings. The van der Waals surface area contributed by atoms with Crippen molar-refractivity contribution < 1.29 is 14.8 Å². The van der Waals surface area contributed by atoms with E-state index in [0.717, 1.165) is 12.8 Å². The molecule has 0 aliphatic heterocycles. The molecule has 156 valence electrons. The van der Waals surface area contributed by atoms with E-state index in [9.17, 15) is 25.3 Å². The fourth-order valence-corrected chi connectivity index (χ4v) is 3.62. The molecule has 10 heteroatoms. The van der Waals surface area contributed by atoms with E-state index in [1.54, 1.807) is 6.92 Å². The first kappa shape index (κ1) is 21.0. The van der Waals surface area contributed by atoms with Gasteiger partial charge in [-0.3, -0.25) is 19.5 Å². The predicted molar refractivity (Wildman–Crippen MR) is 108 cm³/mol. The van der Waals surface area contributed by atoms with E-state index in [-0.39, 0.29) is 40.1 Å². The summed E-state index contributed by atoms with van der Waals surface area (Å²) >= 11 is 0. The van der Waals surface area contributed by atoms with Crippen LogP contribution in [0, 0.1) is 28.4 Å². The molecule has 0 saturated heterocycles. The van der Waals surface area contributed by atoms with Crippen LogP contribution in [0.3, 0.4) is 0 Å². The van der Waals surface area contributed by atoms with E-state index in [4.69, 9.17) is 4.74 Å². The molecule has 1 aromatic heterocycles. The van der Waals surface area contributed by atoms with E-state index in [1.165, 1.54) is 29.7 Å². The lowest BCUT2D eigenvalue weighted by Crippen LogP contribution is -2.24. The quantitative estimate of drug-likeness (QED) is 0.419. The first-order valence-electron chi connectivity index (χ1n) is 9.60. The number of nitriles is 1. The van der Waals surface area contributed by atoms with E-state index in [0.29, 0.717) is 25.2 Å². The zero-order chi connectivity index (χ0) is 21.8. The zero-order valence-electron chi connectivity index (χ0n) is 16.7. The molecule has 3 rings (SSSR count). The Morgan fingerprint density at radius 2 is 2.07 bits per heavy atom. The van der Waals surface area contributed by atoms with Crippen LogP contribution in [-0.2, 0) is 0 Å². The molecule has 2 aromatic rings. The molecule has 0 unspecified atom stereocenters. The van der Waals surface area contributed by atoms with Crippen molar-refractivity contribution >= 4 is 17.1 Å². The first-order chi connectivity index (χ1) is 14.4. The number of aromatic nitrogens is 1. The highest BCUT2D eigenvalue weighted by atomic mass is 16.6. The SMILES string of the molecule is CCOc1ccc(N=Nc2c(C)c(C#N)c(O)n(C3CCCC3)c2=O)c([N+](=O)[O-])c1. The van der Waals surface area contributed by atoms with Crippen molar-refractivity contribution in [3.8, 4) is 17.7 Å². The summed E-state index contributed by atoms with van der Waals surface area (Å²) in [6, 6.07) is 5.82. The van der Waals surface area contributed by atoms with Crippen LogP contribution in [0.25, 0.3) is 0 Å². The molecule has 1 aliphatic carbocycles. The van der Waals surface area contributed by atoms with Gasteiger partial charge in [0.1, 0.15) is 17.4 Å². The lowest BCUT2D eigenvalue weighted by molar-refractivity contribution is -0.384. The highest BCUT2D eigenvalue weighted by Crippen LogP contribution is 2.36. The standard InChI is InChI=1S/C20H21N5O5/c1-3-30-14-8-9-16(17(10-14)25(28)29)22-23-18-12(2)15(11-21)19(26)24(20(18)27)13-6-4-5-7-13/h8-10,13,26H,3-7H2,1-2H3. The number of hydrogen-bond acceptors (Lipinski definition) is 8. The summed E-state index contributed by atoms with van der Waals surface area (Å²) in [5, 5.41) is 39.2. The summed E-state index contributed by atoms with van der Waals surface area (Å²) in [5.74, 6) is -0.0581. The minimum atomic E-state index is -0.613. The Bertz CT molecular complexity index is 1110. The molecule has 1 aliphatic rings. The third-order valence-corrected chi connectivity index (χ3v) is 5.12. The van der Waals surface area contributed by atoms with Crippen molar-refractivity contribution in [3.05, 3.63) is 49.8 Å². The predicted octanol–water partition coefficient (Wildman–Crippen LogP) is 4.57. The summed E-state index contributed by atoms with van der Waals surface area (Å²) in [7, 11) is 0. The summed E-state index contributed by atoms with van der Waals surface area (Å²) in [5.41, 5.74) is -0.963. The number of hydrogen-bond donors (Lipinski definition) is 1. The highest BCUT2D eigenvalue weighted by molar-refractivity contribution is 5.61. The van der Waals surface area contributed by atoms with Crippen molar-refractivity contribution in [1.82, 2.24) is 4.57 Å². The van der Waals surface area contributed by atoms with Gasteiger partial charge in [-0.05, 0) is 38.8 Å². The number of pyridine rings is 1. The molecule has 0 amide bonds. The van der Waals surface area contributed by atoms with Gasteiger partial charge in [-0.1, -0.05) is 12.8 Å². The monoisotopic (exact) mass is 411 g/mol. The van der Waals surface area contributed by atoms with Gasteiger partial charge in [0.15, 0.2) is 11.4 Å². The minimum absolute atomic E-state index is 0.0544. The third-order valence-electron chi connectivity index (χ3n) is 5.12. The number of aromatic hydroxyl groups is 1. The van der Waals surface area contributed by atoms with Crippen molar-refractivity contribution in [2.75, 3.05) is 6.61 Å². The van der Waals surface area contributed by atoms with Crippen LogP contribution in [0.4, 0.5) is 17.1 Å². The van der Waals surface area contributed by atoms with Gasteiger partial charge in [-0.25, -0.2) is 0 Å². The van der Waals surface area contributed by atoms with Crippen molar-refractivity contribution in [2.24, 2.45) is 10.2 Å². The molecule has 1 heterocycles. The van der Waals surface area contributed by atoms with Gasteiger partial charge in [-0.2, -0.15) is 5.26 Å². The molecule has 1 N–H and O–H groups in total. The number of rotatable bonds is 6. The maximum Gasteiger partial charge on any atom is 0.300 e. The van der Waals surface area contributed by atoms with Crippen molar-refractivity contribution in [1.29, 1.82) is 5.26 Å². The normalized spacial score (nSPS) is 14.2. The first-order valence-corrected chi connectivity index (χ1v) is 9.60. The fourth-order valence-electron chi connectivity index (χ4n) is 3.62. The number of azo groups is 1. The Morgan fingerprint density at radius 1 is 1.37 bits per heavy atom. The topological polar surface area (TPSA) is 143 Å². The maximum atomic E-state index is 13.0. The van der Waals surface area contributed by atoms with Gasteiger partial charge in [-0.15, -0.1) is 10.2 Å². The summed E-state index contributed by atoms with van der Waals surface area (Å²) in [6.45, 7) is 3.59. The number of ether oxygens (including phenoxy) is 1. The van der Waals surface area contributed by atoms with E-state index in [1.807, 2.05) is 6.07 Å². The van der Waals surface area contributed by atoms with Gasteiger partial charge in [0, 0.05) is 11.6 Å². The Morgan fingerprint density at radius 3 is 2.67 bits per heavy atom. The lowest BCUT2D eigenvalue weighted by Gasteiger charge is -2.18. The minimum Gasteiger partial charge on any atom is -0.494 e. The maximum absolute atomic E-state index is 13.0. The molecule has 10 nitrogen and oxygen atoms in total. The van der Waals surface area contributed by atoms with Crippen molar-refractivity contribution in [3.63, 3.8) is 0 Å². The molecule has 0 radical (unpaired) electrons. The van der Waals surface area contributed by atoms with Gasteiger partial charge >= 0.3 is 0 Å². The molecule has 1 saturated carbocycles. The van der Waals surface area contributed by atoms with Crippen LogP contribution in [-0.4, -0.2) is 21.2 Å². The van der Waals surface area contributed by atoms with Crippen LogP contribution < -0.4 is 10.3 Å². The zero-order valence-corrected chi connectivity index (χ0v) is 16.7. The molecule has 0 bridgehead atoms. The summed E-state index contributed by atoms with van der Waals surface area (Å²) in [4.78, 5) is 23.8. The van der Waals surface area contributed by atoms with Crippen LogP contribution in [0.5, 0.6) is 11.6 Å². The Balaban J connectivity index is 2.12. The van der Waals surface area contributed by atoms with Gasteiger partial charge < -0.3 is 9.84 Å². The number of nitro groups is 1. The average molecular weight is 411 g/mol. The summed E-state index contributed by atoms with van der Waals surface area (Å²) < 4.78 is 6.47.